The molecule has 0 bridgehead atoms. The van der Waals surface area contributed by atoms with E-state index in [0.717, 1.165) is 57.2 Å². The quantitative estimate of drug-likeness (QED) is 0.848. The molecule has 3 heterocycles. The van der Waals surface area contributed by atoms with Crippen LogP contribution in [-0.4, -0.2) is 59.8 Å². The van der Waals surface area contributed by atoms with Crippen molar-refractivity contribution in [2.75, 3.05) is 42.5 Å². The van der Waals surface area contributed by atoms with Gasteiger partial charge in [-0.15, -0.1) is 10.2 Å². The Hall–Kier alpha value is -1.85. The Morgan fingerprint density at radius 1 is 0.958 bits per heavy atom. The van der Waals surface area contributed by atoms with Crippen molar-refractivity contribution < 1.29 is 4.79 Å². The Morgan fingerprint density at radius 3 is 2.29 bits per heavy atom. The van der Waals surface area contributed by atoms with Gasteiger partial charge in [0.15, 0.2) is 11.6 Å². The van der Waals surface area contributed by atoms with E-state index in [1.54, 1.807) is 0 Å². The first-order valence-electron chi connectivity index (χ1n) is 9.36. The summed E-state index contributed by atoms with van der Waals surface area (Å²) >= 11 is 0. The van der Waals surface area contributed by atoms with Gasteiger partial charge < -0.3 is 14.7 Å². The molecule has 6 heteroatoms. The maximum Gasteiger partial charge on any atom is 0.225 e. The fraction of sp³-hybridized carbons (Fsp3) is 0.722. The van der Waals surface area contributed by atoms with Gasteiger partial charge in [0.1, 0.15) is 0 Å². The average Bonchev–Trinajstić information content (AvgIpc) is 3.47. The number of piperidine rings is 1. The fourth-order valence-corrected chi connectivity index (χ4v) is 3.82. The van der Waals surface area contributed by atoms with Crippen LogP contribution in [0.2, 0.25) is 0 Å². The SMILES string of the molecule is CC1CCCCN1c1ccc(N2CCN(C(=O)C3CC3)CC2)nn1. The first kappa shape index (κ1) is 15.7. The van der Waals surface area contributed by atoms with Gasteiger partial charge in [0.05, 0.1) is 0 Å². The van der Waals surface area contributed by atoms with Gasteiger partial charge in [-0.1, -0.05) is 0 Å². The number of carbonyl (C=O) groups is 1. The van der Waals surface area contributed by atoms with Crippen LogP contribution in [-0.2, 0) is 4.79 Å². The van der Waals surface area contributed by atoms with E-state index >= 15 is 0 Å². The largest absolute Gasteiger partial charge is 0.352 e. The Balaban J connectivity index is 1.36. The molecule has 1 amide bonds. The van der Waals surface area contributed by atoms with Crippen LogP contribution in [0.15, 0.2) is 12.1 Å². The molecule has 1 atom stereocenters. The molecule has 1 aromatic heterocycles. The van der Waals surface area contributed by atoms with Crippen molar-refractivity contribution in [2.24, 2.45) is 5.92 Å². The molecule has 0 spiro atoms. The van der Waals surface area contributed by atoms with Gasteiger partial charge in [-0.25, -0.2) is 0 Å². The highest BCUT2D eigenvalue weighted by atomic mass is 16.2. The van der Waals surface area contributed by atoms with E-state index in [9.17, 15) is 4.79 Å². The number of carbonyl (C=O) groups excluding carboxylic acids is 1. The third-order valence-electron chi connectivity index (χ3n) is 5.58. The molecular formula is C18H27N5O. The minimum Gasteiger partial charge on any atom is -0.352 e. The molecule has 1 unspecified atom stereocenters. The second-order valence-corrected chi connectivity index (χ2v) is 7.37. The van der Waals surface area contributed by atoms with Crippen molar-refractivity contribution in [2.45, 2.75) is 45.1 Å². The van der Waals surface area contributed by atoms with E-state index in [-0.39, 0.29) is 0 Å². The average molecular weight is 329 g/mol. The number of nitrogens with zero attached hydrogens (tertiary/aromatic N) is 5. The van der Waals surface area contributed by atoms with Crippen molar-refractivity contribution in [3.05, 3.63) is 12.1 Å². The first-order chi connectivity index (χ1) is 11.7. The summed E-state index contributed by atoms with van der Waals surface area (Å²) in [5.41, 5.74) is 0. The van der Waals surface area contributed by atoms with Crippen LogP contribution in [0.5, 0.6) is 0 Å². The number of hydrogen-bond acceptors (Lipinski definition) is 5. The number of anilines is 2. The van der Waals surface area contributed by atoms with E-state index < -0.39 is 0 Å². The van der Waals surface area contributed by atoms with Gasteiger partial charge in [-0.3, -0.25) is 4.79 Å². The number of amides is 1. The topological polar surface area (TPSA) is 52.6 Å². The summed E-state index contributed by atoms with van der Waals surface area (Å²) in [5.74, 6) is 2.60. The highest BCUT2D eigenvalue weighted by Gasteiger charge is 2.34. The third-order valence-corrected chi connectivity index (χ3v) is 5.58. The zero-order valence-corrected chi connectivity index (χ0v) is 14.5. The Morgan fingerprint density at radius 2 is 1.67 bits per heavy atom. The zero-order chi connectivity index (χ0) is 16.5. The fourth-order valence-electron chi connectivity index (χ4n) is 3.82. The van der Waals surface area contributed by atoms with Gasteiger partial charge in [0, 0.05) is 44.7 Å². The smallest absolute Gasteiger partial charge is 0.225 e. The maximum atomic E-state index is 12.1. The predicted octanol–water partition coefficient (Wildman–Crippen LogP) is 1.91. The lowest BCUT2D eigenvalue weighted by atomic mass is 10.0. The standard InChI is InChI=1S/C18H27N5O/c1-14-4-2-3-9-23(14)17-8-7-16(19-20-17)21-10-12-22(13-11-21)18(24)15-5-6-15/h7-8,14-15H,2-6,9-13H2,1H3. The monoisotopic (exact) mass is 329 g/mol. The maximum absolute atomic E-state index is 12.1. The minimum atomic E-state index is 0.321. The molecule has 6 nitrogen and oxygen atoms in total. The van der Waals surface area contributed by atoms with Crippen LogP contribution in [0.25, 0.3) is 0 Å². The Bertz CT molecular complexity index is 578. The van der Waals surface area contributed by atoms with Crippen LogP contribution >= 0.6 is 0 Å². The molecule has 0 aromatic carbocycles. The van der Waals surface area contributed by atoms with Crippen LogP contribution in [0, 0.1) is 5.92 Å². The second kappa shape index (κ2) is 6.57. The second-order valence-electron chi connectivity index (χ2n) is 7.37. The molecule has 0 N–H and O–H groups in total. The third kappa shape index (κ3) is 3.19. The molecule has 1 aromatic rings. The number of piperazine rings is 1. The number of rotatable bonds is 3. The lowest BCUT2D eigenvalue weighted by Gasteiger charge is -2.36. The van der Waals surface area contributed by atoms with Crippen LogP contribution < -0.4 is 9.80 Å². The molecule has 3 fully saturated rings. The summed E-state index contributed by atoms with van der Waals surface area (Å²) in [4.78, 5) is 18.8. The summed E-state index contributed by atoms with van der Waals surface area (Å²) in [6.07, 6.45) is 5.96. The zero-order valence-electron chi connectivity index (χ0n) is 14.5. The predicted molar refractivity (Wildman–Crippen MR) is 94.2 cm³/mol. The molecule has 0 radical (unpaired) electrons. The van der Waals surface area contributed by atoms with E-state index in [0.29, 0.717) is 17.9 Å². The van der Waals surface area contributed by atoms with E-state index in [1.165, 1.54) is 19.3 Å². The van der Waals surface area contributed by atoms with Crippen LogP contribution in [0.3, 0.4) is 0 Å². The van der Waals surface area contributed by atoms with Gasteiger partial charge in [-0.2, -0.15) is 0 Å². The first-order valence-corrected chi connectivity index (χ1v) is 9.36. The molecule has 24 heavy (non-hydrogen) atoms. The number of hydrogen-bond donors (Lipinski definition) is 0. The molecule has 2 saturated heterocycles. The van der Waals surface area contributed by atoms with E-state index in [1.807, 2.05) is 4.90 Å². The van der Waals surface area contributed by atoms with Gasteiger partial charge >= 0.3 is 0 Å². The molecule has 1 saturated carbocycles. The highest BCUT2D eigenvalue weighted by Crippen LogP contribution is 2.31. The van der Waals surface area contributed by atoms with Gasteiger partial charge in [0.2, 0.25) is 5.91 Å². The van der Waals surface area contributed by atoms with Gasteiger partial charge in [0.25, 0.3) is 0 Å². The summed E-state index contributed by atoms with van der Waals surface area (Å²) in [6, 6.07) is 4.74. The highest BCUT2D eigenvalue weighted by molar-refractivity contribution is 5.81. The Labute approximate surface area is 143 Å². The van der Waals surface area contributed by atoms with E-state index in [2.05, 4.69) is 39.1 Å². The lowest BCUT2D eigenvalue weighted by molar-refractivity contribution is -0.132. The lowest BCUT2D eigenvalue weighted by Crippen LogP contribution is -2.49. The minimum absolute atomic E-state index is 0.321. The van der Waals surface area contributed by atoms with Gasteiger partial charge in [-0.05, 0) is 51.2 Å². The molecular weight excluding hydrogens is 302 g/mol. The van der Waals surface area contributed by atoms with Crippen molar-refractivity contribution in [1.29, 1.82) is 0 Å². The molecule has 2 aliphatic heterocycles. The molecule has 4 rings (SSSR count). The Kier molecular flexibility index (Phi) is 4.29. The summed E-state index contributed by atoms with van der Waals surface area (Å²) in [6.45, 7) is 6.67. The van der Waals surface area contributed by atoms with Crippen LogP contribution in [0.1, 0.15) is 39.0 Å². The number of aromatic nitrogens is 2. The van der Waals surface area contributed by atoms with Crippen molar-refractivity contribution in [3.8, 4) is 0 Å². The molecule has 1 aliphatic carbocycles. The summed E-state index contributed by atoms with van der Waals surface area (Å²) in [7, 11) is 0. The van der Waals surface area contributed by atoms with Crippen LogP contribution in [0.4, 0.5) is 11.6 Å². The van der Waals surface area contributed by atoms with Crippen molar-refractivity contribution in [3.63, 3.8) is 0 Å². The molecule has 130 valence electrons. The van der Waals surface area contributed by atoms with E-state index in [4.69, 9.17) is 0 Å². The van der Waals surface area contributed by atoms with Crippen molar-refractivity contribution in [1.82, 2.24) is 15.1 Å². The summed E-state index contributed by atoms with van der Waals surface area (Å²) < 4.78 is 0. The molecule has 3 aliphatic rings. The summed E-state index contributed by atoms with van der Waals surface area (Å²) in [5, 5.41) is 8.93. The van der Waals surface area contributed by atoms with Crippen molar-refractivity contribution >= 4 is 17.5 Å². The normalized spacial score (nSPS) is 25.0.